The summed E-state index contributed by atoms with van der Waals surface area (Å²) in [5.74, 6) is 1.41. The maximum absolute atomic E-state index is 6.21. The molecule has 1 atom stereocenters. The quantitative estimate of drug-likeness (QED) is 0.763. The lowest BCUT2D eigenvalue weighted by molar-refractivity contribution is 0.275. The zero-order valence-electron chi connectivity index (χ0n) is 14.1. The topological polar surface area (TPSA) is 12.5 Å². The fraction of sp³-hybridized carbons (Fsp3) is 0.400. The molecule has 1 unspecified atom stereocenters. The van der Waals surface area contributed by atoms with Gasteiger partial charge in [0.15, 0.2) is 0 Å². The third kappa shape index (κ3) is 3.64. The molecular formula is C20H24ClNO. The summed E-state index contributed by atoms with van der Waals surface area (Å²) in [6.45, 7) is 2.83. The van der Waals surface area contributed by atoms with Gasteiger partial charge in [-0.1, -0.05) is 23.7 Å². The molecule has 2 aromatic rings. The number of rotatable bonds is 4. The Hall–Kier alpha value is -1.67. The molecule has 0 N–H and O–H groups in total. The molecule has 0 aliphatic heterocycles. The molecule has 3 rings (SSSR count). The smallest absolute Gasteiger partial charge is 0.142 e. The number of nitrogens with zero attached hydrogens (tertiary/aromatic N) is 1. The van der Waals surface area contributed by atoms with Crippen LogP contribution in [0.25, 0.3) is 0 Å². The molecule has 2 nitrogen and oxygen atoms in total. The Morgan fingerprint density at radius 2 is 2.00 bits per heavy atom. The Kier molecular flexibility index (Phi) is 4.82. The van der Waals surface area contributed by atoms with E-state index in [1.165, 1.54) is 29.5 Å². The minimum Gasteiger partial charge on any atom is -0.491 e. The van der Waals surface area contributed by atoms with Crippen molar-refractivity contribution in [1.29, 1.82) is 0 Å². The number of ether oxygens (including phenoxy) is 1. The Labute approximate surface area is 144 Å². The third-order valence-electron chi connectivity index (χ3n) is 4.58. The van der Waals surface area contributed by atoms with Crippen molar-refractivity contribution < 1.29 is 4.74 Å². The molecule has 122 valence electrons. The number of hydrogen-bond acceptors (Lipinski definition) is 2. The van der Waals surface area contributed by atoms with Gasteiger partial charge in [-0.2, -0.15) is 0 Å². The van der Waals surface area contributed by atoms with Crippen molar-refractivity contribution in [2.75, 3.05) is 25.6 Å². The van der Waals surface area contributed by atoms with E-state index in [4.69, 9.17) is 16.3 Å². The van der Waals surface area contributed by atoms with Crippen LogP contribution in [0.15, 0.2) is 36.4 Å². The maximum atomic E-state index is 6.21. The van der Waals surface area contributed by atoms with E-state index in [0.717, 1.165) is 29.5 Å². The van der Waals surface area contributed by atoms with Crippen LogP contribution in [0.3, 0.4) is 0 Å². The van der Waals surface area contributed by atoms with E-state index < -0.39 is 0 Å². The first kappa shape index (κ1) is 16.2. The summed E-state index contributed by atoms with van der Waals surface area (Å²) in [4.78, 5) is 2.11. The molecule has 0 bridgehead atoms. The molecule has 0 amide bonds. The molecule has 0 spiro atoms. The van der Waals surface area contributed by atoms with Crippen LogP contribution >= 0.6 is 11.6 Å². The van der Waals surface area contributed by atoms with Gasteiger partial charge < -0.3 is 9.64 Å². The molecule has 1 aliphatic rings. The minimum absolute atomic E-state index is 0.451. The summed E-state index contributed by atoms with van der Waals surface area (Å²) < 4.78 is 6.21. The van der Waals surface area contributed by atoms with E-state index in [1.807, 2.05) is 6.07 Å². The van der Waals surface area contributed by atoms with Gasteiger partial charge in [-0.15, -0.1) is 0 Å². The van der Waals surface area contributed by atoms with Gasteiger partial charge in [0.05, 0.1) is 12.3 Å². The van der Waals surface area contributed by atoms with Gasteiger partial charge in [0.2, 0.25) is 0 Å². The lowest BCUT2D eigenvalue weighted by Crippen LogP contribution is -2.18. The lowest BCUT2D eigenvalue weighted by Gasteiger charge is -2.27. The van der Waals surface area contributed by atoms with Crippen LogP contribution in [0, 0.1) is 6.92 Å². The summed E-state index contributed by atoms with van der Waals surface area (Å²) in [6, 6.07) is 12.6. The predicted molar refractivity (Wildman–Crippen MR) is 98.1 cm³/mol. The number of hydrogen-bond donors (Lipinski definition) is 0. The van der Waals surface area contributed by atoms with E-state index in [1.54, 1.807) is 0 Å². The average Bonchev–Trinajstić information content (AvgIpc) is 2.53. The molecular weight excluding hydrogens is 306 g/mol. The Balaban J connectivity index is 1.78. The van der Waals surface area contributed by atoms with Crippen LogP contribution in [0.4, 0.5) is 5.69 Å². The standard InChI is InChI=1S/C20H24ClNO/c1-14-7-10-20(19(11-14)22(2)3)23-13-16-6-4-5-15-12-17(21)8-9-18(15)16/h7-12,16H,4-6,13H2,1-3H3. The number of aryl methyl sites for hydroxylation is 2. The lowest BCUT2D eigenvalue weighted by atomic mass is 9.83. The van der Waals surface area contributed by atoms with Gasteiger partial charge >= 0.3 is 0 Å². The molecule has 0 heterocycles. The zero-order chi connectivity index (χ0) is 16.4. The van der Waals surface area contributed by atoms with Crippen molar-refractivity contribution in [2.24, 2.45) is 0 Å². The molecule has 3 heteroatoms. The number of anilines is 1. The van der Waals surface area contributed by atoms with Gasteiger partial charge in [-0.3, -0.25) is 0 Å². The fourth-order valence-corrected chi connectivity index (χ4v) is 3.54. The Morgan fingerprint density at radius 1 is 1.17 bits per heavy atom. The molecule has 0 saturated carbocycles. The normalized spacial score (nSPS) is 16.8. The van der Waals surface area contributed by atoms with Crippen molar-refractivity contribution in [3.05, 3.63) is 58.1 Å². The second-order valence-electron chi connectivity index (χ2n) is 6.61. The van der Waals surface area contributed by atoms with Crippen LogP contribution in [0.1, 0.15) is 35.4 Å². The SMILES string of the molecule is Cc1ccc(OCC2CCCc3cc(Cl)ccc32)c(N(C)C)c1. The maximum Gasteiger partial charge on any atom is 0.142 e. The van der Waals surface area contributed by atoms with Crippen molar-refractivity contribution in [2.45, 2.75) is 32.1 Å². The van der Waals surface area contributed by atoms with Crippen LogP contribution in [0.2, 0.25) is 5.02 Å². The van der Waals surface area contributed by atoms with Crippen molar-refractivity contribution >= 4 is 17.3 Å². The second-order valence-corrected chi connectivity index (χ2v) is 7.05. The minimum atomic E-state index is 0.451. The first-order valence-electron chi connectivity index (χ1n) is 8.23. The Bertz CT molecular complexity index is 696. The largest absolute Gasteiger partial charge is 0.491 e. The number of halogens is 1. The van der Waals surface area contributed by atoms with Gasteiger partial charge in [-0.05, 0) is 67.1 Å². The highest BCUT2D eigenvalue weighted by molar-refractivity contribution is 6.30. The molecule has 0 aromatic heterocycles. The number of fused-ring (bicyclic) bond motifs is 1. The van der Waals surface area contributed by atoms with E-state index in [-0.39, 0.29) is 0 Å². The van der Waals surface area contributed by atoms with Gasteiger partial charge in [-0.25, -0.2) is 0 Å². The van der Waals surface area contributed by atoms with Crippen LogP contribution in [-0.4, -0.2) is 20.7 Å². The summed E-state index contributed by atoms with van der Waals surface area (Å²) in [5.41, 5.74) is 5.17. The Morgan fingerprint density at radius 3 is 2.78 bits per heavy atom. The predicted octanol–water partition coefficient (Wildman–Crippen LogP) is 5.21. The second kappa shape index (κ2) is 6.84. The summed E-state index contributed by atoms with van der Waals surface area (Å²) in [6.07, 6.45) is 3.51. The molecule has 23 heavy (non-hydrogen) atoms. The van der Waals surface area contributed by atoms with E-state index in [9.17, 15) is 0 Å². The summed E-state index contributed by atoms with van der Waals surface area (Å²) in [5, 5.41) is 0.832. The van der Waals surface area contributed by atoms with Crippen molar-refractivity contribution in [1.82, 2.24) is 0 Å². The zero-order valence-corrected chi connectivity index (χ0v) is 14.9. The highest BCUT2D eigenvalue weighted by Crippen LogP contribution is 2.35. The molecule has 0 saturated heterocycles. The van der Waals surface area contributed by atoms with Crippen molar-refractivity contribution in [3.8, 4) is 5.75 Å². The molecule has 0 radical (unpaired) electrons. The monoisotopic (exact) mass is 329 g/mol. The van der Waals surface area contributed by atoms with Crippen LogP contribution in [-0.2, 0) is 6.42 Å². The van der Waals surface area contributed by atoms with E-state index in [0.29, 0.717) is 5.92 Å². The van der Waals surface area contributed by atoms with Gasteiger partial charge in [0, 0.05) is 25.0 Å². The summed E-state index contributed by atoms with van der Waals surface area (Å²) >= 11 is 6.13. The average molecular weight is 330 g/mol. The first-order chi connectivity index (χ1) is 11.0. The summed E-state index contributed by atoms with van der Waals surface area (Å²) in [7, 11) is 4.11. The fourth-order valence-electron chi connectivity index (χ4n) is 3.35. The highest BCUT2D eigenvalue weighted by Gasteiger charge is 2.21. The van der Waals surface area contributed by atoms with Crippen LogP contribution in [0.5, 0.6) is 5.75 Å². The van der Waals surface area contributed by atoms with E-state index in [2.05, 4.69) is 56.3 Å². The first-order valence-corrected chi connectivity index (χ1v) is 8.61. The molecule has 2 aromatic carbocycles. The van der Waals surface area contributed by atoms with Crippen molar-refractivity contribution in [3.63, 3.8) is 0 Å². The van der Waals surface area contributed by atoms with Gasteiger partial charge in [0.1, 0.15) is 5.75 Å². The highest BCUT2D eigenvalue weighted by atomic mass is 35.5. The van der Waals surface area contributed by atoms with E-state index >= 15 is 0 Å². The third-order valence-corrected chi connectivity index (χ3v) is 4.81. The van der Waals surface area contributed by atoms with Gasteiger partial charge in [0.25, 0.3) is 0 Å². The molecule has 0 fully saturated rings. The van der Waals surface area contributed by atoms with Crippen LogP contribution < -0.4 is 9.64 Å². The molecule has 1 aliphatic carbocycles. The number of benzene rings is 2.